The predicted molar refractivity (Wildman–Crippen MR) is 121 cm³/mol. The van der Waals surface area contributed by atoms with E-state index in [4.69, 9.17) is 16.7 Å². The van der Waals surface area contributed by atoms with Crippen LogP contribution in [0, 0.1) is 0 Å². The Morgan fingerprint density at radius 1 is 1.10 bits per heavy atom. The second-order valence-electron chi connectivity index (χ2n) is 5.72. The quantitative estimate of drug-likeness (QED) is 0.266. The Bertz CT molecular complexity index is 1060. The van der Waals surface area contributed by atoms with E-state index in [2.05, 4.69) is 20.7 Å². The highest BCUT2D eigenvalue weighted by Crippen LogP contribution is 2.32. The van der Waals surface area contributed by atoms with Crippen molar-refractivity contribution < 1.29 is 14.7 Å². The molecule has 7 nitrogen and oxygen atoms in total. The van der Waals surface area contributed by atoms with Gasteiger partial charge in [-0.3, -0.25) is 4.79 Å². The molecule has 0 aliphatic heterocycles. The molecular weight excluding hydrogens is 464 g/mol. The molecule has 0 radical (unpaired) electrons. The van der Waals surface area contributed by atoms with Crippen LogP contribution in [0.15, 0.2) is 62.3 Å². The van der Waals surface area contributed by atoms with Gasteiger partial charge in [0.1, 0.15) is 0 Å². The van der Waals surface area contributed by atoms with E-state index >= 15 is 0 Å². The Morgan fingerprint density at radius 3 is 2.50 bits per heavy atom. The van der Waals surface area contributed by atoms with Gasteiger partial charge in [-0.05, 0) is 29.3 Å². The third-order valence-corrected chi connectivity index (χ3v) is 7.19. The standard InChI is InChI=1S/C19H15ClN4O3S3/c20-15-4-2-1-3-14(15)10-28-18-23-24-19(30-18)29-11-16(25)22-21-9-12-5-7-13(8-6-12)17(26)27/h1-9H,10-11H2,(H,22,25)(H,26,27). The maximum Gasteiger partial charge on any atom is 0.335 e. The van der Waals surface area contributed by atoms with Gasteiger partial charge < -0.3 is 5.11 Å². The summed E-state index contributed by atoms with van der Waals surface area (Å²) in [6, 6.07) is 13.8. The van der Waals surface area contributed by atoms with Crippen LogP contribution in [0.25, 0.3) is 0 Å². The lowest BCUT2D eigenvalue weighted by Crippen LogP contribution is -2.19. The Hall–Kier alpha value is -2.40. The molecule has 30 heavy (non-hydrogen) atoms. The average Bonchev–Trinajstić information content (AvgIpc) is 3.20. The first kappa shape index (κ1) is 22.3. The van der Waals surface area contributed by atoms with Gasteiger partial charge in [0.15, 0.2) is 8.68 Å². The van der Waals surface area contributed by atoms with Crippen molar-refractivity contribution in [2.75, 3.05) is 5.75 Å². The van der Waals surface area contributed by atoms with Gasteiger partial charge in [0.05, 0.1) is 17.5 Å². The van der Waals surface area contributed by atoms with Gasteiger partial charge in [0.2, 0.25) is 0 Å². The maximum absolute atomic E-state index is 11.9. The fourth-order valence-electron chi connectivity index (χ4n) is 2.12. The SMILES string of the molecule is O=C(CSc1nnc(SCc2ccccc2Cl)s1)NN=Cc1ccc(C(=O)O)cc1. The van der Waals surface area contributed by atoms with E-state index in [9.17, 15) is 9.59 Å². The number of rotatable bonds is 9. The van der Waals surface area contributed by atoms with Crippen molar-refractivity contribution in [3.8, 4) is 0 Å². The minimum absolute atomic E-state index is 0.152. The number of nitrogens with zero attached hydrogens (tertiary/aromatic N) is 3. The number of thioether (sulfide) groups is 2. The molecule has 0 bridgehead atoms. The molecule has 0 saturated carbocycles. The van der Waals surface area contributed by atoms with Crippen LogP contribution in [0.2, 0.25) is 5.02 Å². The van der Waals surface area contributed by atoms with Gasteiger partial charge in [0.25, 0.3) is 5.91 Å². The minimum atomic E-state index is -0.995. The molecule has 0 atom stereocenters. The highest BCUT2D eigenvalue weighted by molar-refractivity contribution is 8.03. The highest BCUT2D eigenvalue weighted by atomic mass is 35.5. The first-order valence-corrected chi connectivity index (χ1v) is 11.7. The molecule has 2 N–H and O–H groups in total. The Morgan fingerprint density at radius 2 is 1.80 bits per heavy atom. The van der Waals surface area contributed by atoms with Crippen molar-refractivity contribution in [2.45, 2.75) is 14.4 Å². The van der Waals surface area contributed by atoms with Gasteiger partial charge >= 0.3 is 5.97 Å². The number of hydrogen-bond acceptors (Lipinski definition) is 8. The van der Waals surface area contributed by atoms with Crippen LogP contribution in [-0.2, 0) is 10.5 Å². The molecule has 0 fully saturated rings. The van der Waals surface area contributed by atoms with Crippen LogP contribution in [0.1, 0.15) is 21.5 Å². The Labute approximate surface area is 190 Å². The number of benzene rings is 2. The van der Waals surface area contributed by atoms with Gasteiger partial charge in [0, 0.05) is 10.8 Å². The summed E-state index contributed by atoms with van der Waals surface area (Å²) in [5.74, 6) is -0.425. The van der Waals surface area contributed by atoms with Gasteiger partial charge in [-0.25, -0.2) is 10.2 Å². The summed E-state index contributed by atoms with van der Waals surface area (Å²) in [6.07, 6.45) is 1.45. The zero-order valence-corrected chi connectivity index (χ0v) is 18.5. The first-order valence-electron chi connectivity index (χ1n) is 8.49. The number of aromatic nitrogens is 2. The molecule has 1 aromatic heterocycles. The lowest BCUT2D eigenvalue weighted by atomic mass is 10.1. The van der Waals surface area contributed by atoms with Crippen LogP contribution < -0.4 is 5.43 Å². The largest absolute Gasteiger partial charge is 0.478 e. The summed E-state index contributed by atoms with van der Waals surface area (Å²) < 4.78 is 1.50. The summed E-state index contributed by atoms with van der Waals surface area (Å²) in [6.45, 7) is 0. The highest BCUT2D eigenvalue weighted by Gasteiger charge is 2.09. The number of nitrogens with one attached hydrogen (secondary N) is 1. The second-order valence-corrected chi connectivity index (χ2v) is 9.55. The monoisotopic (exact) mass is 478 g/mol. The minimum Gasteiger partial charge on any atom is -0.478 e. The van der Waals surface area contributed by atoms with E-state index in [1.165, 1.54) is 41.4 Å². The number of carboxylic acid groups (broad SMARTS) is 1. The summed E-state index contributed by atoms with van der Waals surface area (Å²) in [7, 11) is 0. The van der Waals surface area contributed by atoms with E-state index < -0.39 is 5.97 Å². The number of halogens is 1. The average molecular weight is 479 g/mol. The van der Waals surface area contributed by atoms with Crippen molar-refractivity contribution in [3.05, 3.63) is 70.2 Å². The lowest BCUT2D eigenvalue weighted by Gasteiger charge is -2.00. The number of amides is 1. The predicted octanol–water partition coefficient (Wildman–Crippen LogP) is 4.42. The fraction of sp³-hybridized carbons (Fsp3) is 0.105. The molecule has 1 heterocycles. The van der Waals surface area contributed by atoms with Crippen molar-refractivity contribution >= 4 is 64.6 Å². The number of carboxylic acids is 1. The summed E-state index contributed by atoms with van der Waals surface area (Å²) >= 11 is 10.4. The van der Waals surface area contributed by atoms with E-state index in [-0.39, 0.29) is 17.2 Å². The third-order valence-electron chi connectivity index (χ3n) is 3.58. The lowest BCUT2D eigenvalue weighted by molar-refractivity contribution is -0.118. The molecule has 154 valence electrons. The molecule has 3 rings (SSSR count). The molecule has 0 unspecified atom stereocenters. The van der Waals surface area contributed by atoms with Crippen molar-refractivity contribution in [3.63, 3.8) is 0 Å². The van der Waals surface area contributed by atoms with E-state index in [0.717, 1.165) is 14.9 Å². The topological polar surface area (TPSA) is 105 Å². The molecule has 0 aliphatic rings. The molecule has 0 aliphatic carbocycles. The molecule has 1 amide bonds. The van der Waals surface area contributed by atoms with E-state index in [1.54, 1.807) is 23.9 Å². The number of carbonyl (C=O) groups is 2. The number of aromatic carboxylic acids is 1. The zero-order valence-electron chi connectivity index (χ0n) is 15.3. The first-order chi connectivity index (χ1) is 14.5. The van der Waals surface area contributed by atoms with Crippen LogP contribution in [-0.4, -0.2) is 39.1 Å². The molecule has 3 aromatic rings. The van der Waals surface area contributed by atoms with E-state index in [1.807, 2.05) is 24.3 Å². The smallest absolute Gasteiger partial charge is 0.335 e. The summed E-state index contributed by atoms with van der Waals surface area (Å²) in [5, 5.41) is 21.7. The normalized spacial score (nSPS) is 11.0. The van der Waals surface area contributed by atoms with Crippen molar-refractivity contribution in [2.24, 2.45) is 5.10 Å². The molecule has 11 heteroatoms. The second kappa shape index (κ2) is 11.1. The van der Waals surface area contributed by atoms with Crippen LogP contribution in [0.5, 0.6) is 0 Å². The number of carbonyl (C=O) groups excluding carboxylic acids is 1. The fourth-order valence-corrected chi connectivity index (χ4v) is 5.22. The molecular formula is C19H15ClN4O3S3. The summed E-state index contributed by atoms with van der Waals surface area (Å²) in [5.41, 5.74) is 4.33. The third kappa shape index (κ3) is 6.84. The molecule has 0 saturated heterocycles. The van der Waals surface area contributed by atoms with Crippen molar-refractivity contribution in [1.29, 1.82) is 0 Å². The van der Waals surface area contributed by atoms with Crippen LogP contribution in [0.3, 0.4) is 0 Å². The number of hydrazone groups is 1. The summed E-state index contributed by atoms with van der Waals surface area (Å²) in [4.78, 5) is 22.7. The van der Waals surface area contributed by atoms with Crippen LogP contribution in [0.4, 0.5) is 0 Å². The van der Waals surface area contributed by atoms with Crippen molar-refractivity contribution in [1.82, 2.24) is 15.6 Å². The maximum atomic E-state index is 11.9. The van der Waals surface area contributed by atoms with E-state index in [0.29, 0.717) is 15.7 Å². The zero-order chi connectivity index (χ0) is 21.3. The Kier molecular flexibility index (Phi) is 8.26. The number of hydrogen-bond donors (Lipinski definition) is 2. The van der Waals surface area contributed by atoms with Gasteiger partial charge in [-0.15, -0.1) is 10.2 Å². The molecule has 0 spiro atoms. The Balaban J connectivity index is 1.41. The van der Waals surface area contributed by atoms with Gasteiger partial charge in [-0.2, -0.15) is 5.10 Å². The molecule has 2 aromatic carbocycles. The van der Waals surface area contributed by atoms with Crippen LogP contribution >= 0.6 is 46.5 Å². The van der Waals surface area contributed by atoms with Gasteiger partial charge in [-0.1, -0.05) is 76.8 Å².